The Morgan fingerprint density at radius 2 is 1.42 bits per heavy atom. The van der Waals surface area contributed by atoms with Crippen LogP contribution in [0.25, 0.3) is 32.9 Å². The summed E-state index contributed by atoms with van der Waals surface area (Å²) in [6.07, 6.45) is 0. The van der Waals surface area contributed by atoms with Gasteiger partial charge in [0.2, 0.25) is 0 Å². The molecule has 1 aliphatic rings. The van der Waals surface area contributed by atoms with Crippen molar-refractivity contribution in [1.82, 2.24) is 9.97 Å². The average Bonchev–Trinajstić information content (AvgIpc) is 2.94. The first-order valence-electron chi connectivity index (χ1n) is 10.8. The molecule has 4 aromatic rings. The predicted molar refractivity (Wildman–Crippen MR) is 128 cm³/mol. The largest absolute Gasteiger partial charge is 0.494 e. The van der Waals surface area contributed by atoms with Gasteiger partial charge in [-0.2, -0.15) is 0 Å². The van der Waals surface area contributed by atoms with Crippen molar-refractivity contribution in [3.05, 3.63) is 66.0 Å². The zero-order valence-electron chi connectivity index (χ0n) is 19.0. The molecule has 2 aromatic heterocycles. The smallest absolute Gasteiger partial charge is 0.399 e. The second kappa shape index (κ2) is 6.88. The van der Waals surface area contributed by atoms with E-state index in [-0.39, 0.29) is 18.3 Å². The minimum atomic E-state index is -0.385. The van der Waals surface area contributed by atoms with Crippen molar-refractivity contribution in [3.63, 3.8) is 0 Å². The first-order chi connectivity index (χ1) is 14.6. The summed E-state index contributed by atoms with van der Waals surface area (Å²) in [6, 6.07) is 19.0. The number of benzene rings is 2. The number of aryl methyl sites for hydroxylation is 2. The first kappa shape index (κ1) is 20.2. The molecule has 4 nitrogen and oxygen atoms in total. The minimum Gasteiger partial charge on any atom is -0.399 e. The van der Waals surface area contributed by atoms with Gasteiger partial charge < -0.3 is 9.31 Å². The van der Waals surface area contributed by atoms with Gasteiger partial charge in [0.05, 0.1) is 22.2 Å². The van der Waals surface area contributed by atoms with Crippen LogP contribution < -0.4 is 5.46 Å². The highest BCUT2D eigenvalue weighted by Crippen LogP contribution is 2.37. The number of nitrogens with zero attached hydrogens (tertiary/aromatic N) is 2. The zero-order chi connectivity index (χ0) is 22.0. The highest BCUT2D eigenvalue weighted by atomic mass is 16.7. The molecule has 0 atom stereocenters. The molecule has 5 heteroatoms. The van der Waals surface area contributed by atoms with Gasteiger partial charge in [-0.3, -0.25) is 9.97 Å². The van der Waals surface area contributed by atoms with Crippen molar-refractivity contribution in [2.45, 2.75) is 52.7 Å². The summed E-state index contributed by atoms with van der Waals surface area (Å²) < 4.78 is 12.6. The standard InChI is InChI=1S/C26H27BN2O2/c1-16-10-11-18-12-13-21-22(14-17(2)29-24(21)23(18)28-16)19-8-7-9-20(15-19)27-30-25(3,4)26(5,6)31-27/h7-15H,1-6H3. The second-order valence-corrected chi connectivity index (χ2v) is 9.51. The van der Waals surface area contributed by atoms with Crippen LogP contribution in [-0.4, -0.2) is 28.3 Å². The fourth-order valence-electron chi connectivity index (χ4n) is 4.17. The molecule has 5 rings (SSSR count). The Hall–Kier alpha value is -2.76. The summed E-state index contributed by atoms with van der Waals surface area (Å²) in [4.78, 5) is 9.65. The maximum absolute atomic E-state index is 6.28. The van der Waals surface area contributed by atoms with Gasteiger partial charge in [0, 0.05) is 22.2 Å². The zero-order valence-corrected chi connectivity index (χ0v) is 19.0. The average molecular weight is 410 g/mol. The topological polar surface area (TPSA) is 44.2 Å². The Morgan fingerprint density at radius 1 is 0.742 bits per heavy atom. The number of pyridine rings is 2. The van der Waals surface area contributed by atoms with Gasteiger partial charge in [0.1, 0.15) is 0 Å². The minimum absolute atomic E-state index is 0.365. The maximum atomic E-state index is 6.28. The Morgan fingerprint density at radius 3 is 2.16 bits per heavy atom. The third-order valence-electron chi connectivity index (χ3n) is 6.63. The maximum Gasteiger partial charge on any atom is 0.494 e. The molecular weight excluding hydrogens is 383 g/mol. The summed E-state index contributed by atoms with van der Waals surface area (Å²) in [6.45, 7) is 12.4. The molecule has 0 radical (unpaired) electrons. The molecule has 1 fully saturated rings. The quantitative estimate of drug-likeness (QED) is 0.329. The molecule has 0 saturated carbocycles. The number of hydrogen-bond donors (Lipinski definition) is 0. The van der Waals surface area contributed by atoms with Crippen molar-refractivity contribution >= 4 is 34.4 Å². The van der Waals surface area contributed by atoms with Crippen LogP contribution in [0.2, 0.25) is 0 Å². The molecular formula is C26H27BN2O2. The van der Waals surface area contributed by atoms with E-state index in [1.54, 1.807) is 0 Å². The number of hydrogen-bond acceptors (Lipinski definition) is 4. The van der Waals surface area contributed by atoms with E-state index in [0.717, 1.165) is 49.8 Å². The van der Waals surface area contributed by atoms with E-state index in [9.17, 15) is 0 Å². The van der Waals surface area contributed by atoms with E-state index in [4.69, 9.17) is 19.3 Å². The molecule has 0 unspecified atom stereocenters. The number of aromatic nitrogens is 2. The molecule has 0 amide bonds. The SMILES string of the molecule is Cc1ccc2ccc3c(-c4cccc(B5OC(C)(C)C(C)(C)O5)c4)cc(C)nc3c2n1. The van der Waals surface area contributed by atoms with Crippen LogP contribution >= 0.6 is 0 Å². The van der Waals surface area contributed by atoms with Crippen LogP contribution in [0, 0.1) is 13.8 Å². The second-order valence-electron chi connectivity index (χ2n) is 9.51. The van der Waals surface area contributed by atoms with Crippen molar-refractivity contribution < 1.29 is 9.31 Å². The van der Waals surface area contributed by atoms with Gasteiger partial charge >= 0.3 is 7.12 Å². The molecule has 0 N–H and O–H groups in total. The van der Waals surface area contributed by atoms with Gasteiger partial charge in [-0.15, -0.1) is 0 Å². The van der Waals surface area contributed by atoms with Crippen molar-refractivity contribution in [2.75, 3.05) is 0 Å². The van der Waals surface area contributed by atoms with E-state index >= 15 is 0 Å². The Bertz CT molecular complexity index is 1310. The van der Waals surface area contributed by atoms with Crippen molar-refractivity contribution in [3.8, 4) is 11.1 Å². The third-order valence-corrected chi connectivity index (χ3v) is 6.63. The lowest BCUT2D eigenvalue weighted by atomic mass is 9.78. The highest BCUT2D eigenvalue weighted by Gasteiger charge is 2.51. The summed E-state index contributed by atoms with van der Waals surface area (Å²) >= 11 is 0. The monoisotopic (exact) mass is 410 g/mol. The van der Waals surface area contributed by atoms with E-state index < -0.39 is 0 Å². The van der Waals surface area contributed by atoms with Crippen molar-refractivity contribution in [2.24, 2.45) is 0 Å². The van der Waals surface area contributed by atoms with Gasteiger partial charge in [0.15, 0.2) is 0 Å². The van der Waals surface area contributed by atoms with Gasteiger partial charge in [-0.1, -0.05) is 42.5 Å². The Kier molecular flexibility index (Phi) is 4.47. The molecule has 0 spiro atoms. The number of rotatable bonds is 2. The molecule has 1 saturated heterocycles. The van der Waals surface area contributed by atoms with Gasteiger partial charge in [-0.05, 0) is 70.3 Å². The summed E-state index contributed by atoms with van der Waals surface area (Å²) in [7, 11) is -0.385. The fourth-order valence-corrected chi connectivity index (χ4v) is 4.17. The fraction of sp³-hybridized carbons (Fsp3) is 0.308. The van der Waals surface area contributed by atoms with Crippen LogP contribution in [0.15, 0.2) is 54.6 Å². The van der Waals surface area contributed by atoms with E-state index in [2.05, 4.69) is 76.2 Å². The predicted octanol–water partition coefficient (Wildman–Crippen LogP) is 5.37. The normalized spacial score (nSPS) is 17.5. The Balaban J connectivity index is 1.66. The first-order valence-corrected chi connectivity index (χ1v) is 10.8. The van der Waals surface area contributed by atoms with E-state index in [0.29, 0.717) is 0 Å². The highest BCUT2D eigenvalue weighted by molar-refractivity contribution is 6.62. The lowest BCUT2D eigenvalue weighted by Gasteiger charge is -2.32. The summed E-state index contributed by atoms with van der Waals surface area (Å²) in [5, 5.41) is 2.20. The van der Waals surface area contributed by atoms with Gasteiger partial charge in [-0.25, -0.2) is 0 Å². The van der Waals surface area contributed by atoms with Crippen LogP contribution in [0.1, 0.15) is 39.1 Å². The molecule has 31 heavy (non-hydrogen) atoms. The number of fused-ring (bicyclic) bond motifs is 3. The lowest BCUT2D eigenvalue weighted by molar-refractivity contribution is 0.00578. The van der Waals surface area contributed by atoms with Crippen LogP contribution in [0.4, 0.5) is 0 Å². The molecule has 2 aromatic carbocycles. The molecule has 3 heterocycles. The Labute approximate surface area is 183 Å². The summed E-state index contributed by atoms with van der Waals surface area (Å²) in [5.41, 5.74) is 6.41. The molecule has 0 bridgehead atoms. The van der Waals surface area contributed by atoms with Crippen LogP contribution in [0.5, 0.6) is 0 Å². The van der Waals surface area contributed by atoms with Crippen LogP contribution in [0.3, 0.4) is 0 Å². The van der Waals surface area contributed by atoms with Crippen molar-refractivity contribution in [1.29, 1.82) is 0 Å². The molecule has 1 aliphatic heterocycles. The van der Waals surface area contributed by atoms with Crippen LogP contribution in [-0.2, 0) is 9.31 Å². The van der Waals surface area contributed by atoms with Gasteiger partial charge in [0.25, 0.3) is 0 Å². The van der Waals surface area contributed by atoms with E-state index in [1.807, 2.05) is 19.9 Å². The third kappa shape index (κ3) is 3.33. The molecule has 156 valence electrons. The van der Waals surface area contributed by atoms with E-state index in [1.165, 1.54) is 0 Å². The molecule has 0 aliphatic carbocycles. The summed E-state index contributed by atoms with van der Waals surface area (Å²) in [5.74, 6) is 0. The lowest BCUT2D eigenvalue weighted by Crippen LogP contribution is -2.41.